The van der Waals surface area contributed by atoms with Gasteiger partial charge in [0.1, 0.15) is 11.5 Å². The van der Waals surface area contributed by atoms with Gasteiger partial charge in [-0.05, 0) is 38.1 Å². The fourth-order valence-electron chi connectivity index (χ4n) is 1.61. The number of carbonyl (C=O) groups excluding carboxylic acids is 1. The Morgan fingerprint density at radius 2 is 2.17 bits per heavy atom. The first-order chi connectivity index (χ1) is 8.56. The molecule has 2 aromatic heterocycles. The van der Waals surface area contributed by atoms with Gasteiger partial charge in [-0.1, -0.05) is 6.07 Å². The first kappa shape index (κ1) is 12.6. The van der Waals surface area contributed by atoms with E-state index in [1.54, 1.807) is 29.5 Å². The summed E-state index contributed by atoms with van der Waals surface area (Å²) < 4.78 is 0. The summed E-state index contributed by atoms with van der Waals surface area (Å²) in [6.07, 6.45) is 0. The third-order valence-electron chi connectivity index (χ3n) is 2.54. The van der Waals surface area contributed by atoms with E-state index in [1.165, 1.54) is 4.88 Å². The Labute approximate surface area is 110 Å². The molecule has 0 spiro atoms. The SMILES string of the molecule is Cc1ccc(C(C)NC(=O)c2cccc(N)n2)s1. The lowest BCUT2D eigenvalue weighted by molar-refractivity contribution is 0.0935. The summed E-state index contributed by atoms with van der Waals surface area (Å²) in [6, 6.07) is 9.07. The summed E-state index contributed by atoms with van der Waals surface area (Å²) in [4.78, 5) is 18.3. The molecule has 0 fully saturated rings. The molecule has 2 rings (SSSR count). The molecule has 5 heteroatoms. The normalized spacial score (nSPS) is 12.1. The lowest BCUT2D eigenvalue weighted by atomic mass is 10.2. The van der Waals surface area contributed by atoms with Crippen LogP contribution in [0.25, 0.3) is 0 Å². The van der Waals surface area contributed by atoms with Crippen molar-refractivity contribution in [2.24, 2.45) is 0 Å². The molecular formula is C13H15N3OS. The summed E-state index contributed by atoms with van der Waals surface area (Å²) in [5.74, 6) is 0.142. The molecule has 0 aliphatic heterocycles. The van der Waals surface area contributed by atoms with Crippen LogP contribution in [0.3, 0.4) is 0 Å². The molecule has 0 bridgehead atoms. The van der Waals surface area contributed by atoms with Crippen LogP contribution in [0.1, 0.15) is 33.2 Å². The molecule has 18 heavy (non-hydrogen) atoms. The zero-order valence-electron chi connectivity index (χ0n) is 10.3. The Balaban J connectivity index is 2.08. The molecule has 1 unspecified atom stereocenters. The number of aromatic nitrogens is 1. The van der Waals surface area contributed by atoms with Crippen molar-refractivity contribution in [1.82, 2.24) is 10.3 Å². The number of nitrogens with zero attached hydrogens (tertiary/aromatic N) is 1. The number of carbonyl (C=O) groups is 1. The Morgan fingerprint density at radius 3 is 2.78 bits per heavy atom. The molecule has 2 aromatic rings. The molecule has 0 saturated heterocycles. The largest absolute Gasteiger partial charge is 0.384 e. The number of pyridine rings is 1. The minimum absolute atomic E-state index is 0.0283. The molecule has 0 saturated carbocycles. The molecule has 2 heterocycles. The monoisotopic (exact) mass is 261 g/mol. The second-order valence-electron chi connectivity index (χ2n) is 4.09. The number of rotatable bonds is 3. The molecule has 0 radical (unpaired) electrons. The van der Waals surface area contributed by atoms with Gasteiger partial charge >= 0.3 is 0 Å². The Hall–Kier alpha value is -1.88. The van der Waals surface area contributed by atoms with E-state index in [1.807, 2.05) is 26.0 Å². The van der Waals surface area contributed by atoms with Crippen LogP contribution in [0.5, 0.6) is 0 Å². The molecule has 4 nitrogen and oxygen atoms in total. The molecule has 3 N–H and O–H groups in total. The highest BCUT2D eigenvalue weighted by Gasteiger charge is 2.13. The van der Waals surface area contributed by atoms with Gasteiger partial charge < -0.3 is 11.1 Å². The fourth-order valence-corrected chi connectivity index (χ4v) is 2.49. The molecule has 1 amide bonds. The van der Waals surface area contributed by atoms with Gasteiger partial charge in [0, 0.05) is 9.75 Å². The van der Waals surface area contributed by atoms with Crippen LogP contribution in [0.2, 0.25) is 0 Å². The average Bonchev–Trinajstić information content (AvgIpc) is 2.76. The van der Waals surface area contributed by atoms with Crippen molar-refractivity contribution in [2.45, 2.75) is 19.9 Å². The second-order valence-corrected chi connectivity index (χ2v) is 5.41. The minimum atomic E-state index is -0.208. The smallest absolute Gasteiger partial charge is 0.270 e. The van der Waals surface area contributed by atoms with E-state index in [4.69, 9.17) is 5.73 Å². The van der Waals surface area contributed by atoms with Crippen molar-refractivity contribution in [3.05, 3.63) is 45.8 Å². The number of nitrogens with two attached hydrogens (primary N) is 1. The molecule has 94 valence electrons. The molecule has 1 atom stereocenters. The van der Waals surface area contributed by atoms with Gasteiger partial charge in [0.15, 0.2) is 0 Å². The second kappa shape index (κ2) is 5.18. The van der Waals surface area contributed by atoms with Crippen LogP contribution in [-0.4, -0.2) is 10.9 Å². The number of aryl methyl sites for hydroxylation is 1. The first-order valence-electron chi connectivity index (χ1n) is 5.66. The van der Waals surface area contributed by atoms with Gasteiger partial charge in [0.25, 0.3) is 5.91 Å². The van der Waals surface area contributed by atoms with Gasteiger partial charge in [0.05, 0.1) is 6.04 Å². The topological polar surface area (TPSA) is 68.0 Å². The summed E-state index contributed by atoms with van der Waals surface area (Å²) in [6.45, 7) is 4.00. The number of hydrogen-bond acceptors (Lipinski definition) is 4. The van der Waals surface area contributed by atoms with Crippen molar-refractivity contribution in [1.29, 1.82) is 0 Å². The summed E-state index contributed by atoms with van der Waals surface area (Å²) in [5.41, 5.74) is 5.90. The lowest BCUT2D eigenvalue weighted by Crippen LogP contribution is -2.27. The molecule has 0 aromatic carbocycles. The number of nitrogens with one attached hydrogen (secondary N) is 1. The Morgan fingerprint density at radius 1 is 1.39 bits per heavy atom. The predicted octanol–water partition coefficient (Wildman–Crippen LogP) is 2.52. The Kier molecular flexibility index (Phi) is 3.62. The number of nitrogen functional groups attached to an aromatic ring is 1. The quantitative estimate of drug-likeness (QED) is 0.892. The van der Waals surface area contributed by atoms with Gasteiger partial charge in [-0.15, -0.1) is 11.3 Å². The highest BCUT2D eigenvalue weighted by atomic mass is 32.1. The van der Waals surface area contributed by atoms with Gasteiger partial charge in [-0.25, -0.2) is 4.98 Å². The van der Waals surface area contributed by atoms with Gasteiger partial charge in [-0.3, -0.25) is 4.79 Å². The van der Waals surface area contributed by atoms with Crippen LogP contribution in [-0.2, 0) is 0 Å². The Bertz CT molecular complexity index is 565. The maximum absolute atomic E-state index is 12.0. The minimum Gasteiger partial charge on any atom is -0.384 e. The van der Waals surface area contributed by atoms with Crippen molar-refractivity contribution in [2.75, 3.05) is 5.73 Å². The third kappa shape index (κ3) is 2.87. The van der Waals surface area contributed by atoms with Gasteiger partial charge in [0.2, 0.25) is 0 Å². The fraction of sp³-hybridized carbons (Fsp3) is 0.231. The molecule has 0 aliphatic carbocycles. The molecular weight excluding hydrogens is 246 g/mol. The standard InChI is InChI=1S/C13H15N3OS/c1-8-6-7-11(18-8)9(2)15-13(17)10-4-3-5-12(14)16-10/h3-7,9H,1-2H3,(H2,14,16)(H,15,17). The lowest BCUT2D eigenvalue weighted by Gasteiger charge is -2.11. The number of hydrogen-bond donors (Lipinski definition) is 2. The van der Waals surface area contributed by atoms with Crippen LogP contribution >= 0.6 is 11.3 Å². The van der Waals surface area contributed by atoms with Gasteiger partial charge in [-0.2, -0.15) is 0 Å². The summed E-state index contributed by atoms with van der Waals surface area (Å²) >= 11 is 1.68. The van der Waals surface area contributed by atoms with Crippen molar-refractivity contribution >= 4 is 23.1 Å². The zero-order valence-corrected chi connectivity index (χ0v) is 11.1. The van der Waals surface area contributed by atoms with Crippen molar-refractivity contribution < 1.29 is 4.79 Å². The third-order valence-corrected chi connectivity index (χ3v) is 3.72. The van der Waals surface area contributed by atoms with Crippen LogP contribution in [0.15, 0.2) is 30.3 Å². The van der Waals surface area contributed by atoms with Crippen LogP contribution in [0, 0.1) is 6.92 Å². The van der Waals surface area contributed by atoms with E-state index in [2.05, 4.69) is 10.3 Å². The highest BCUT2D eigenvalue weighted by Crippen LogP contribution is 2.22. The van der Waals surface area contributed by atoms with E-state index in [9.17, 15) is 4.79 Å². The van der Waals surface area contributed by atoms with E-state index >= 15 is 0 Å². The van der Waals surface area contributed by atoms with Crippen LogP contribution in [0.4, 0.5) is 5.82 Å². The summed E-state index contributed by atoms with van der Waals surface area (Å²) in [5, 5.41) is 2.91. The predicted molar refractivity (Wildman–Crippen MR) is 73.6 cm³/mol. The number of anilines is 1. The maximum atomic E-state index is 12.0. The van der Waals surface area contributed by atoms with E-state index in [0.29, 0.717) is 11.5 Å². The highest BCUT2D eigenvalue weighted by molar-refractivity contribution is 7.12. The average molecular weight is 261 g/mol. The van der Waals surface area contributed by atoms with E-state index in [0.717, 1.165) is 4.88 Å². The molecule has 0 aliphatic rings. The van der Waals surface area contributed by atoms with Crippen molar-refractivity contribution in [3.8, 4) is 0 Å². The van der Waals surface area contributed by atoms with E-state index < -0.39 is 0 Å². The maximum Gasteiger partial charge on any atom is 0.270 e. The number of amides is 1. The first-order valence-corrected chi connectivity index (χ1v) is 6.47. The van der Waals surface area contributed by atoms with Crippen molar-refractivity contribution in [3.63, 3.8) is 0 Å². The van der Waals surface area contributed by atoms with Crippen LogP contribution < -0.4 is 11.1 Å². The zero-order chi connectivity index (χ0) is 13.1. The van der Waals surface area contributed by atoms with E-state index in [-0.39, 0.29) is 11.9 Å². The summed E-state index contributed by atoms with van der Waals surface area (Å²) in [7, 11) is 0. The number of thiophene rings is 1.